The van der Waals surface area contributed by atoms with Crippen molar-refractivity contribution >= 4 is 12.4 Å². The van der Waals surface area contributed by atoms with Crippen molar-refractivity contribution in [2.75, 3.05) is 13.1 Å². The Morgan fingerprint density at radius 3 is 2.50 bits per heavy atom. The molecule has 0 spiro atoms. The fraction of sp³-hybridized carbons (Fsp3) is 1.00. The average Bonchev–Trinajstić information content (AvgIpc) is 1.69. The molecule has 1 aliphatic heterocycles. The van der Waals surface area contributed by atoms with E-state index in [1.54, 1.807) is 0 Å². The van der Waals surface area contributed by atoms with E-state index < -0.39 is 6.17 Å². The zero-order valence-corrected chi connectivity index (χ0v) is 5.51. The van der Waals surface area contributed by atoms with Gasteiger partial charge in [0.2, 0.25) is 0 Å². The van der Waals surface area contributed by atoms with Gasteiger partial charge in [-0.15, -0.1) is 12.4 Å². The van der Waals surface area contributed by atoms with Gasteiger partial charge in [-0.1, -0.05) is 0 Å². The highest BCUT2D eigenvalue weighted by molar-refractivity contribution is 5.85. The van der Waals surface area contributed by atoms with Crippen molar-refractivity contribution in [1.82, 2.24) is 5.32 Å². The fourth-order valence-electron chi connectivity index (χ4n) is 0.809. The van der Waals surface area contributed by atoms with Crippen LogP contribution in [0.15, 0.2) is 0 Å². The summed E-state index contributed by atoms with van der Waals surface area (Å²) in [6.07, 6.45) is 1.18. The largest absolute Gasteiger partial charge is 0.314 e. The monoisotopic (exact) mass is 139 g/mol. The third kappa shape index (κ3) is 2.48. The van der Waals surface area contributed by atoms with Crippen LogP contribution in [0.2, 0.25) is 0 Å². The zero-order chi connectivity index (χ0) is 5.11. The van der Waals surface area contributed by atoms with Gasteiger partial charge in [-0.2, -0.15) is 0 Å². The van der Waals surface area contributed by atoms with Crippen molar-refractivity contribution < 1.29 is 4.39 Å². The van der Waals surface area contributed by atoms with Crippen LogP contribution in [0.25, 0.3) is 0 Å². The molecule has 0 bridgehead atoms. The molecule has 0 aliphatic carbocycles. The molecule has 1 fully saturated rings. The highest BCUT2D eigenvalue weighted by atomic mass is 35.5. The third-order valence-corrected chi connectivity index (χ3v) is 1.24. The predicted octanol–water partition coefficient (Wildman–Crippen LogP) is 1.13. The SMILES string of the molecule is Cl.F[C@@H]1CCCNC1. The second kappa shape index (κ2) is 4.10. The summed E-state index contributed by atoms with van der Waals surface area (Å²) in [6, 6.07) is 0. The standard InChI is InChI=1S/C5H10FN.ClH/c6-5-2-1-3-7-4-5;/h5,7H,1-4H2;1H/t5-;/m1./s1. The van der Waals surface area contributed by atoms with E-state index >= 15 is 0 Å². The maximum absolute atomic E-state index is 12.1. The van der Waals surface area contributed by atoms with Crippen LogP contribution in [0, 0.1) is 0 Å². The second-order valence-corrected chi connectivity index (χ2v) is 1.94. The summed E-state index contributed by atoms with van der Waals surface area (Å²) < 4.78 is 12.1. The molecule has 1 atom stereocenters. The third-order valence-electron chi connectivity index (χ3n) is 1.24. The molecule has 8 heavy (non-hydrogen) atoms. The minimum absolute atomic E-state index is 0. The molecule has 50 valence electrons. The van der Waals surface area contributed by atoms with Crippen LogP contribution in [0.1, 0.15) is 12.8 Å². The normalized spacial score (nSPS) is 28.9. The zero-order valence-electron chi connectivity index (χ0n) is 4.69. The lowest BCUT2D eigenvalue weighted by atomic mass is 10.1. The summed E-state index contributed by atoms with van der Waals surface area (Å²) in [6.45, 7) is 1.57. The summed E-state index contributed by atoms with van der Waals surface area (Å²) in [5.74, 6) is 0. The molecule has 0 amide bonds. The average molecular weight is 140 g/mol. The predicted molar refractivity (Wildman–Crippen MR) is 34.2 cm³/mol. The topological polar surface area (TPSA) is 12.0 Å². The van der Waals surface area contributed by atoms with E-state index in [1.807, 2.05) is 0 Å². The Morgan fingerprint density at radius 2 is 2.25 bits per heavy atom. The number of hydrogen-bond acceptors (Lipinski definition) is 1. The quantitative estimate of drug-likeness (QED) is 0.531. The number of nitrogens with one attached hydrogen (secondary N) is 1. The molecule has 0 aromatic carbocycles. The molecule has 1 saturated heterocycles. The van der Waals surface area contributed by atoms with Crippen LogP contribution >= 0.6 is 12.4 Å². The van der Waals surface area contributed by atoms with Crippen molar-refractivity contribution in [3.05, 3.63) is 0 Å². The second-order valence-electron chi connectivity index (χ2n) is 1.94. The van der Waals surface area contributed by atoms with E-state index in [0.717, 1.165) is 19.4 Å². The van der Waals surface area contributed by atoms with E-state index in [-0.39, 0.29) is 12.4 Å². The lowest BCUT2D eigenvalue weighted by Gasteiger charge is -2.14. The van der Waals surface area contributed by atoms with Crippen molar-refractivity contribution in [3.8, 4) is 0 Å². The van der Waals surface area contributed by atoms with E-state index in [0.29, 0.717) is 6.54 Å². The van der Waals surface area contributed by atoms with Gasteiger partial charge in [-0.05, 0) is 19.4 Å². The van der Waals surface area contributed by atoms with Crippen LogP contribution in [0.4, 0.5) is 4.39 Å². The van der Waals surface area contributed by atoms with Crippen LogP contribution in [0.5, 0.6) is 0 Å². The molecule has 3 heteroatoms. The number of halogens is 2. The van der Waals surface area contributed by atoms with Gasteiger partial charge in [0.05, 0.1) is 0 Å². The molecular formula is C5H11ClFN. The number of alkyl halides is 1. The minimum Gasteiger partial charge on any atom is -0.314 e. The molecule has 1 rings (SSSR count). The van der Waals surface area contributed by atoms with E-state index in [4.69, 9.17) is 0 Å². The molecule has 0 unspecified atom stereocenters. The minimum atomic E-state index is -0.575. The van der Waals surface area contributed by atoms with E-state index in [1.165, 1.54) is 0 Å². The lowest BCUT2D eigenvalue weighted by molar-refractivity contribution is 0.266. The van der Waals surface area contributed by atoms with Gasteiger partial charge in [-0.3, -0.25) is 0 Å². The maximum atomic E-state index is 12.1. The Balaban J connectivity index is 0.000000490. The Morgan fingerprint density at radius 1 is 1.50 bits per heavy atom. The molecule has 1 N–H and O–H groups in total. The molecule has 0 radical (unpaired) electrons. The first-order valence-corrected chi connectivity index (χ1v) is 2.74. The van der Waals surface area contributed by atoms with Gasteiger partial charge in [0.15, 0.2) is 0 Å². The van der Waals surface area contributed by atoms with Crippen LogP contribution < -0.4 is 5.32 Å². The van der Waals surface area contributed by atoms with Crippen molar-refractivity contribution in [2.45, 2.75) is 19.0 Å². The fourth-order valence-corrected chi connectivity index (χ4v) is 0.809. The maximum Gasteiger partial charge on any atom is 0.113 e. The summed E-state index contributed by atoms with van der Waals surface area (Å²) in [7, 11) is 0. The molecule has 0 saturated carbocycles. The van der Waals surface area contributed by atoms with Crippen LogP contribution in [-0.4, -0.2) is 19.3 Å². The van der Waals surface area contributed by atoms with Crippen LogP contribution in [-0.2, 0) is 0 Å². The molecule has 1 aliphatic rings. The first-order chi connectivity index (χ1) is 3.39. The highest BCUT2D eigenvalue weighted by Crippen LogP contribution is 2.03. The smallest absolute Gasteiger partial charge is 0.113 e. The van der Waals surface area contributed by atoms with E-state index in [9.17, 15) is 4.39 Å². The van der Waals surface area contributed by atoms with Gasteiger partial charge in [-0.25, -0.2) is 4.39 Å². The highest BCUT2D eigenvalue weighted by Gasteiger charge is 2.08. The summed E-state index contributed by atoms with van der Waals surface area (Å²) in [5.41, 5.74) is 0. The van der Waals surface area contributed by atoms with Crippen molar-refractivity contribution in [1.29, 1.82) is 0 Å². The molecule has 1 heterocycles. The molecule has 0 aromatic rings. The van der Waals surface area contributed by atoms with Gasteiger partial charge >= 0.3 is 0 Å². The Kier molecular flexibility index (Phi) is 4.19. The Bertz CT molecular complexity index is 54.4. The lowest BCUT2D eigenvalue weighted by Crippen LogP contribution is -2.30. The van der Waals surface area contributed by atoms with Gasteiger partial charge in [0.25, 0.3) is 0 Å². The number of piperidine rings is 1. The number of hydrogen-bond donors (Lipinski definition) is 1. The van der Waals surface area contributed by atoms with Crippen molar-refractivity contribution in [2.24, 2.45) is 0 Å². The molecule has 1 nitrogen and oxygen atoms in total. The van der Waals surface area contributed by atoms with Crippen molar-refractivity contribution in [3.63, 3.8) is 0 Å². The summed E-state index contributed by atoms with van der Waals surface area (Å²) >= 11 is 0. The van der Waals surface area contributed by atoms with Gasteiger partial charge < -0.3 is 5.32 Å². The Hall–Kier alpha value is 0.180. The number of rotatable bonds is 0. The van der Waals surface area contributed by atoms with E-state index in [2.05, 4.69) is 5.32 Å². The first-order valence-electron chi connectivity index (χ1n) is 2.74. The first kappa shape index (κ1) is 8.18. The van der Waals surface area contributed by atoms with Crippen LogP contribution in [0.3, 0.4) is 0 Å². The summed E-state index contributed by atoms with van der Waals surface area (Å²) in [5, 5.41) is 2.96. The Labute approximate surface area is 55.1 Å². The summed E-state index contributed by atoms with van der Waals surface area (Å²) in [4.78, 5) is 0. The van der Waals surface area contributed by atoms with Gasteiger partial charge in [0, 0.05) is 6.54 Å². The van der Waals surface area contributed by atoms with Gasteiger partial charge in [0.1, 0.15) is 6.17 Å². The molecular weight excluding hydrogens is 129 g/mol. The molecule has 0 aromatic heterocycles.